The highest BCUT2D eigenvalue weighted by Crippen LogP contribution is 2.17. The fourth-order valence-corrected chi connectivity index (χ4v) is 1.35. The van der Waals surface area contributed by atoms with Gasteiger partial charge in [-0.2, -0.15) is 0 Å². The van der Waals surface area contributed by atoms with Gasteiger partial charge in [-0.1, -0.05) is 0 Å². The Morgan fingerprint density at radius 2 is 1.81 bits per heavy atom. The Hall–Kier alpha value is -2.01. The van der Waals surface area contributed by atoms with Crippen molar-refractivity contribution in [2.24, 2.45) is 5.73 Å². The van der Waals surface area contributed by atoms with Crippen molar-refractivity contribution in [3.63, 3.8) is 0 Å². The maximum Gasteiger partial charge on any atom is 0.161 e. The number of hydrogen-bond acceptors (Lipinski definition) is 4. The first-order valence-electron chi connectivity index (χ1n) is 4.78. The molecule has 0 amide bonds. The topological polar surface area (TPSA) is 77.8 Å². The van der Waals surface area contributed by atoms with E-state index in [4.69, 9.17) is 11.5 Å². The molecule has 0 fully saturated rings. The summed E-state index contributed by atoms with van der Waals surface area (Å²) in [6.07, 6.45) is 0. The minimum absolute atomic E-state index is 0.293. The zero-order valence-corrected chi connectivity index (χ0v) is 8.52. The number of anilines is 1. The average molecular weight is 218 g/mol. The summed E-state index contributed by atoms with van der Waals surface area (Å²) in [5, 5.41) is 0. The quantitative estimate of drug-likeness (QED) is 0.797. The van der Waals surface area contributed by atoms with E-state index in [1.165, 1.54) is 12.1 Å². The number of aromatic nitrogens is 2. The molecule has 2 aromatic rings. The third-order valence-corrected chi connectivity index (χ3v) is 2.11. The molecule has 0 aliphatic rings. The van der Waals surface area contributed by atoms with Crippen LogP contribution in [-0.2, 0) is 6.54 Å². The van der Waals surface area contributed by atoms with Gasteiger partial charge >= 0.3 is 0 Å². The fraction of sp³-hybridized carbons (Fsp3) is 0.0909. The number of benzene rings is 1. The van der Waals surface area contributed by atoms with Crippen LogP contribution in [0.15, 0.2) is 30.3 Å². The summed E-state index contributed by atoms with van der Waals surface area (Å²) in [6.45, 7) is 0.293. The van der Waals surface area contributed by atoms with Gasteiger partial charge < -0.3 is 11.5 Å². The zero-order valence-electron chi connectivity index (χ0n) is 8.52. The van der Waals surface area contributed by atoms with Crippen molar-refractivity contribution in [3.8, 4) is 11.4 Å². The van der Waals surface area contributed by atoms with Gasteiger partial charge in [-0.25, -0.2) is 14.4 Å². The van der Waals surface area contributed by atoms with Crippen LogP contribution in [-0.4, -0.2) is 9.97 Å². The van der Waals surface area contributed by atoms with E-state index >= 15 is 0 Å². The van der Waals surface area contributed by atoms with Crippen molar-refractivity contribution in [2.45, 2.75) is 6.54 Å². The predicted octanol–water partition coefficient (Wildman–Crippen LogP) is 1.32. The lowest BCUT2D eigenvalue weighted by Crippen LogP contribution is -2.04. The first kappa shape index (κ1) is 10.5. The Labute approximate surface area is 92.1 Å². The molecule has 4 N–H and O–H groups in total. The molecule has 4 nitrogen and oxygen atoms in total. The van der Waals surface area contributed by atoms with Crippen LogP contribution in [0.1, 0.15) is 5.69 Å². The molecule has 1 aromatic carbocycles. The molecular formula is C11H11FN4. The van der Waals surface area contributed by atoms with Crippen LogP contribution in [0.25, 0.3) is 11.4 Å². The fourth-order valence-electron chi connectivity index (χ4n) is 1.35. The van der Waals surface area contributed by atoms with Gasteiger partial charge in [0.2, 0.25) is 0 Å². The van der Waals surface area contributed by atoms with Gasteiger partial charge in [-0.3, -0.25) is 0 Å². The SMILES string of the molecule is NCc1cc(N)nc(-c2ccc(F)cc2)n1. The molecule has 0 aliphatic carbocycles. The third kappa shape index (κ3) is 2.14. The Bertz CT molecular complexity index is 496. The van der Waals surface area contributed by atoms with E-state index in [1.54, 1.807) is 18.2 Å². The number of rotatable bonds is 2. The molecule has 1 heterocycles. The van der Waals surface area contributed by atoms with E-state index in [2.05, 4.69) is 9.97 Å². The van der Waals surface area contributed by atoms with Crippen molar-refractivity contribution in [1.82, 2.24) is 9.97 Å². The number of halogens is 1. The molecule has 2 rings (SSSR count). The molecule has 16 heavy (non-hydrogen) atoms. The highest BCUT2D eigenvalue weighted by atomic mass is 19.1. The highest BCUT2D eigenvalue weighted by Gasteiger charge is 2.04. The molecule has 0 saturated carbocycles. The second-order valence-electron chi connectivity index (χ2n) is 3.32. The number of hydrogen-bond donors (Lipinski definition) is 2. The second kappa shape index (κ2) is 4.24. The van der Waals surface area contributed by atoms with Crippen LogP contribution in [0.2, 0.25) is 0 Å². The summed E-state index contributed by atoms with van der Waals surface area (Å²) in [7, 11) is 0. The molecule has 5 heteroatoms. The lowest BCUT2D eigenvalue weighted by Gasteiger charge is -2.04. The third-order valence-electron chi connectivity index (χ3n) is 2.11. The molecule has 1 aromatic heterocycles. The van der Waals surface area contributed by atoms with Crippen LogP contribution in [0.5, 0.6) is 0 Å². The van der Waals surface area contributed by atoms with Gasteiger partial charge in [0.1, 0.15) is 11.6 Å². The number of nitrogens with zero attached hydrogens (tertiary/aromatic N) is 2. The highest BCUT2D eigenvalue weighted by molar-refractivity contribution is 5.56. The molecule has 0 aliphatic heterocycles. The van der Waals surface area contributed by atoms with E-state index in [-0.39, 0.29) is 5.82 Å². The van der Waals surface area contributed by atoms with Crippen molar-refractivity contribution < 1.29 is 4.39 Å². The number of nitrogens with two attached hydrogens (primary N) is 2. The van der Waals surface area contributed by atoms with Crippen LogP contribution in [0.3, 0.4) is 0 Å². The van der Waals surface area contributed by atoms with Crippen LogP contribution in [0.4, 0.5) is 10.2 Å². The maximum absolute atomic E-state index is 12.7. The summed E-state index contributed by atoms with van der Waals surface area (Å²) >= 11 is 0. The summed E-state index contributed by atoms with van der Waals surface area (Å²) in [5.41, 5.74) is 12.5. The summed E-state index contributed by atoms with van der Waals surface area (Å²) < 4.78 is 12.7. The van der Waals surface area contributed by atoms with Crippen molar-refractivity contribution >= 4 is 5.82 Å². The van der Waals surface area contributed by atoms with E-state index in [0.29, 0.717) is 29.4 Å². The van der Waals surface area contributed by atoms with E-state index in [0.717, 1.165) is 0 Å². The number of nitrogen functional groups attached to an aromatic ring is 1. The van der Waals surface area contributed by atoms with Gasteiger partial charge in [0.15, 0.2) is 5.82 Å². The Balaban J connectivity index is 2.47. The zero-order chi connectivity index (χ0) is 11.5. The lowest BCUT2D eigenvalue weighted by atomic mass is 10.2. The van der Waals surface area contributed by atoms with Crippen LogP contribution in [0, 0.1) is 5.82 Å². The minimum atomic E-state index is -0.299. The van der Waals surface area contributed by atoms with Gasteiger partial charge in [-0.15, -0.1) is 0 Å². The van der Waals surface area contributed by atoms with Gasteiger partial charge in [0.25, 0.3) is 0 Å². The summed E-state index contributed by atoms with van der Waals surface area (Å²) in [6, 6.07) is 7.52. The monoisotopic (exact) mass is 218 g/mol. The molecule has 0 saturated heterocycles. The van der Waals surface area contributed by atoms with Gasteiger partial charge in [-0.05, 0) is 24.3 Å². The normalized spacial score (nSPS) is 10.4. The van der Waals surface area contributed by atoms with E-state index in [1.807, 2.05) is 0 Å². The predicted molar refractivity (Wildman–Crippen MR) is 59.7 cm³/mol. The first-order valence-corrected chi connectivity index (χ1v) is 4.78. The molecule has 0 atom stereocenters. The Kier molecular flexibility index (Phi) is 2.78. The lowest BCUT2D eigenvalue weighted by molar-refractivity contribution is 0.628. The maximum atomic E-state index is 12.7. The molecule has 0 bridgehead atoms. The van der Waals surface area contributed by atoms with Crippen molar-refractivity contribution in [1.29, 1.82) is 0 Å². The van der Waals surface area contributed by atoms with Crippen molar-refractivity contribution in [2.75, 3.05) is 5.73 Å². The minimum Gasteiger partial charge on any atom is -0.384 e. The summed E-state index contributed by atoms with van der Waals surface area (Å²) in [5.74, 6) is 0.516. The molecule has 0 spiro atoms. The van der Waals surface area contributed by atoms with Gasteiger partial charge in [0, 0.05) is 18.2 Å². The standard InChI is InChI=1S/C11H11FN4/c12-8-3-1-7(2-4-8)11-15-9(6-13)5-10(14)16-11/h1-5H,6,13H2,(H2,14,15,16). The molecule has 82 valence electrons. The smallest absolute Gasteiger partial charge is 0.161 e. The van der Waals surface area contributed by atoms with Crippen LogP contribution >= 0.6 is 0 Å². The molecule has 0 unspecified atom stereocenters. The van der Waals surface area contributed by atoms with E-state index in [9.17, 15) is 4.39 Å². The summed E-state index contributed by atoms with van der Waals surface area (Å²) in [4.78, 5) is 8.28. The molecule has 0 radical (unpaired) electrons. The van der Waals surface area contributed by atoms with Gasteiger partial charge in [0.05, 0.1) is 5.69 Å². The second-order valence-corrected chi connectivity index (χ2v) is 3.32. The Morgan fingerprint density at radius 3 is 2.44 bits per heavy atom. The van der Waals surface area contributed by atoms with Crippen molar-refractivity contribution in [3.05, 3.63) is 41.8 Å². The van der Waals surface area contributed by atoms with E-state index < -0.39 is 0 Å². The Morgan fingerprint density at radius 1 is 1.12 bits per heavy atom. The van der Waals surface area contributed by atoms with Crippen LogP contribution < -0.4 is 11.5 Å². The average Bonchev–Trinajstić information content (AvgIpc) is 2.29. The first-order chi connectivity index (χ1) is 7.69. The molecular weight excluding hydrogens is 207 g/mol. The largest absolute Gasteiger partial charge is 0.384 e.